The van der Waals surface area contributed by atoms with E-state index in [0.717, 1.165) is 18.5 Å². The van der Waals surface area contributed by atoms with E-state index in [1.54, 1.807) is 24.3 Å². The molecule has 0 unspecified atom stereocenters. The van der Waals surface area contributed by atoms with Crippen molar-refractivity contribution >= 4 is 17.4 Å². The van der Waals surface area contributed by atoms with Crippen LogP contribution in [0.25, 0.3) is 11.3 Å². The maximum absolute atomic E-state index is 13.4. The predicted molar refractivity (Wildman–Crippen MR) is 116 cm³/mol. The molecule has 1 aliphatic rings. The number of halogens is 1. The van der Waals surface area contributed by atoms with Gasteiger partial charge in [0.15, 0.2) is 5.82 Å². The summed E-state index contributed by atoms with van der Waals surface area (Å²) < 4.78 is 13.4. The molecular weight excluding hydrogens is 379 g/mol. The Balaban J connectivity index is 1.40. The quantitative estimate of drug-likeness (QED) is 0.616. The standard InChI is InChI=1S/C24H25FN4O/c1-29(21-8-3-2-4-9-21)24(30)17-10-12-20(13-11-17)26-23-15-14-22(27-28-23)18-6-5-7-19(25)16-18/h5-7,10-16,21H,2-4,8-9H2,1H3,(H,26,28). The van der Waals surface area contributed by atoms with Crippen LogP contribution in [-0.4, -0.2) is 34.1 Å². The molecule has 4 rings (SSSR count). The van der Waals surface area contributed by atoms with Crippen LogP contribution in [0.2, 0.25) is 0 Å². The fourth-order valence-corrected chi connectivity index (χ4v) is 3.88. The second-order valence-electron chi connectivity index (χ2n) is 7.72. The fraction of sp³-hybridized carbons (Fsp3) is 0.292. The summed E-state index contributed by atoms with van der Waals surface area (Å²) in [6, 6.07) is 17.6. The molecule has 154 valence electrons. The summed E-state index contributed by atoms with van der Waals surface area (Å²) in [5.74, 6) is 0.335. The lowest BCUT2D eigenvalue weighted by molar-refractivity contribution is 0.0696. The first-order valence-corrected chi connectivity index (χ1v) is 10.3. The molecule has 0 aliphatic heterocycles. The average Bonchev–Trinajstić information content (AvgIpc) is 2.80. The molecule has 1 aromatic heterocycles. The van der Waals surface area contributed by atoms with Crippen molar-refractivity contribution in [2.75, 3.05) is 12.4 Å². The first kappa shape index (κ1) is 20.0. The van der Waals surface area contributed by atoms with Gasteiger partial charge in [0, 0.05) is 29.9 Å². The first-order valence-electron chi connectivity index (χ1n) is 10.3. The number of anilines is 2. The lowest BCUT2D eigenvalue weighted by Crippen LogP contribution is -2.38. The molecule has 5 nitrogen and oxygen atoms in total. The summed E-state index contributed by atoms with van der Waals surface area (Å²) in [5, 5.41) is 11.5. The van der Waals surface area contributed by atoms with Crippen molar-refractivity contribution in [2.24, 2.45) is 0 Å². The lowest BCUT2D eigenvalue weighted by Gasteiger charge is -2.31. The summed E-state index contributed by atoms with van der Waals surface area (Å²) in [7, 11) is 1.90. The number of benzene rings is 2. The third kappa shape index (κ3) is 4.64. The minimum absolute atomic E-state index is 0.0627. The Morgan fingerprint density at radius 1 is 1.00 bits per heavy atom. The molecule has 0 radical (unpaired) electrons. The van der Waals surface area contributed by atoms with Gasteiger partial charge in [-0.05, 0) is 61.4 Å². The zero-order valence-corrected chi connectivity index (χ0v) is 17.0. The van der Waals surface area contributed by atoms with Gasteiger partial charge in [-0.2, -0.15) is 0 Å². The minimum Gasteiger partial charge on any atom is -0.339 e. The molecular formula is C24H25FN4O. The molecule has 3 aromatic rings. The van der Waals surface area contributed by atoms with Crippen molar-refractivity contribution in [3.8, 4) is 11.3 Å². The van der Waals surface area contributed by atoms with Crippen molar-refractivity contribution in [1.29, 1.82) is 0 Å². The van der Waals surface area contributed by atoms with E-state index >= 15 is 0 Å². The van der Waals surface area contributed by atoms with Crippen LogP contribution in [0.4, 0.5) is 15.9 Å². The van der Waals surface area contributed by atoms with Gasteiger partial charge in [0.25, 0.3) is 5.91 Å². The SMILES string of the molecule is CN(C(=O)c1ccc(Nc2ccc(-c3cccc(F)c3)nn2)cc1)C1CCCCC1. The Hall–Kier alpha value is -3.28. The number of amides is 1. The van der Waals surface area contributed by atoms with Gasteiger partial charge in [-0.1, -0.05) is 31.4 Å². The number of nitrogens with zero attached hydrogens (tertiary/aromatic N) is 3. The van der Waals surface area contributed by atoms with E-state index in [-0.39, 0.29) is 11.7 Å². The Labute approximate surface area is 176 Å². The highest BCUT2D eigenvalue weighted by Crippen LogP contribution is 2.24. The third-order valence-corrected chi connectivity index (χ3v) is 5.63. The Bertz CT molecular complexity index is 998. The van der Waals surface area contributed by atoms with Crippen LogP contribution in [-0.2, 0) is 0 Å². The second-order valence-corrected chi connectivity index (χ2v) is 7.72. The van der Waals surface area contributed by atoms with Crippen LogP contribution >= 0.6 is 0 Å². The lowest BCUT2D eigenvalue weighted by atomic mass is 9.94. The Morgan fingerprint density at radius 3 is 2.43 bits per heavy atom. The van der Waals surface area contributed by atoms with Gasteiger partial charge < -0.3 is 10.2 Å². The first-order chi connectivity index (χ1) is 14.6. The summed E-state index contributed by atoms with van der Waals surface area (Å²) in [4.78, 5) is 14.7. The molecule has 1 N–H and O–H groups in total. The Kier molecular flexibility index (Phi) is 6.02. The van der Waals surface area contributed by atoms with Gasteiger partial charge in [0.05, 0.1) is 5.69 Å². The molecule has 1 fully saturated rings. The third-order valence-electron chi connectivity index (χ3n) is 5.63. The number of nitrogens with one attached hydrogen (secondary N) is 1. The molecule has 0 bridgehead atoms. The summed E-state index contributed by atoms with van der Waals surface area (Å²) in [6.45, 7) is 0. The zero-order valence-electron chi connectivity index (χ0n) is 17.0. The highest BCUT2D eigenvalue weighted by molar-refractivity contribution is 5.94. The van der Waals surface area contributed by atoms with Gasteiger partial charge in [0.2, 0.25) is 0 Å². The largest absolute Gasteiger partial charge is 0.339 e. The maximum atomic E-state index is 13.4. The van der Waals surface area contributed by atoms with Crippen LogP contribution < -0.4 is 5.32 Å². The fourth-order valence-electron chi connectivity index (χ4n) is 3.88. The molecule has 2 aromatic carbocycles. The molecule has 6 heteroatoms. The van der Waals surface area contributed by atoms with Crippen molar-refractivity contribution in [1.82, 2.24) is 15.1 Å². The minimum atomic E-state index is -0.305. The van der Waals surface area contributed by atoms with E-state index in [1.165, 1.54) is 31.4 Å². The predicted octanol–water partition coefficient (Wildman–Crippen LogP) is 5.43. The number of carbonyl (C=O) groups excluding carboxylic acids is 1. The van der Waals surface area contributed by atoms with Gasteiger partial charge in [0.1, 0.15) is 5.82 Å². The highest BCUT2D eigenvalue weighted by atomic mass is 19.1. The van der Waals surface area contributed by atoms with Gasteiger partial charge in [-0.3, -0.25) is 4.79 Å². The monoisotopic (exact) mass is 404 g/mol. The molecule has 0 spiro atoms. The number of aromatic nitrogens is 2. The molecule has 30 heavy (non-hydrogen) atoms. The van der Waals surface area contributed by atoms with Crippen LogP contribution in [0.1, 0.15) is 42.5 Å². The number of rotatable bonds is 5. The van der Waals surface area contributed by atoms with Crippen molar-refractivity contribution in [3.05, 3.63) is 72.0 Å². The maximum Gasteiger partial charge on any atom is 0.253 e. The van der Waals surface area contributed by atoms with E-state index in [1.807, 2.05) is 36.2 Å². The number of hydrogen-bond donors (Lipinski definition) is 1. The van der Waals surface area contributed by atoms with E-state index in [2.05, 4.69) is 15.5 Å². The summed E-state index contributed by atoms with van der Waals surface area (Å²) >= 11 is 0. The number of carbonyl (C=O) groups is 1. The van der Waals surface area contributed by atoms with Crippen LogP contribution in [0.3, 0.4) is 0 Å². The molecule has 1 saturated carbocycles. The van der Waals surface area contributed by atoms with Gasteiger partial charge >= 0.3 is 0 Å². The van der Waals surface area contributed by atoms with Gasteiger partial charge in [-0.25, -0.2) is 4.39 Å². The van der Waals surface area contributed by atoms with Crippen molar-refractivity contribution in [2.45, 2.75) is 38.1 Å². The number of hydrogen-bond acceptors (Lipinski definition) is 4. The molecule has 0 saturated heterocycles. The molecule has 1 amide bonds. The second kappa shape index (κ2) is 9.03. The van der Waals surface area contributed by atoms with Crippen LogP contribution in [0, 0.1) is 5.82 Å². The van der Waals surface area contributed by atoms with Crippen LogP contribution in [0.15, 0.2) is 60.7 Å². The van der Waals surface area contributed by atoms with E-state index in [0.29, 0.717) is 28.7 Å². The molecule has 1 aliphatic carbocycles. The van der Waals surface area contributed by atoms with Crippen LogP contribution in [0.5, 0.6) is 0 Å². The summed E-state index contributed by atoms with van der Waals surface area (Å²) in [5.41, 5.74) is 2.78. The zero-order chi connectivity index (χ0) is 20.9. The molecule has 1 heterocycles. The van der Waals surface area contributed by atoms with E-state index in [9.17, 15) is 9.18 Å². The average molecular weight is 404 g/mol. The van der Waals surface area contributed by atoms with Crippen molar-refractivity contribution < 1.29 is 9.18 Å². The topological polar surface area (TPSA) is 58.1 Å². The van der Waals surface area contributed by atoms with Gasteiger partial charge in [-0.15, -0.1) is 10.2 Å². The van der Waals surface area contributed by atoms with Crippen molar-refractivity contribution in [3.63, 3.8) is 0 Å². The molecule has 0 atom stereocenters. The van der Waals surface area contributed by atoms with E-state index in [4.69, 9.17) is 0 Å². The smallest absolute Gasteiger partial charge is 0.253 e. The van der Waals surface area contributed by atoms with E-state index < -0.39 is 0 Å². The normalized spacial score (nSPS) is 14.3. The Morgan fingerprint density at radius 2 is 1.77 bits per heavy atom. The highest BCUT2D eigenvalue weighted by Gasteiger charge is 2.22. The summed E-state index contributed by atoms with van der Waals surface area (Å²) in [6.07, 6.45) is 5.84.